The van der Waals surface area contributed by atoms with E-state index in [1.165, 1.54) is 19.3 Å². The molecule has 1 unspecified atom stereocenters. The molecule has 0 radical (unpaired) electrons. The molecule has 0 amide bonds. The lowest BCUT2D eigenvalue weighted by atomic mass is 10.0. The molecule has 0 aliphatic carbocycles. The summed E-state index contributed by atoms with van der Waals surface area (Å²) in [6, 6.07) is 0. The van der Waals surface area contributed by atoms with E-state index < -0.39 is 5.97 Å². The van der Waals surface area contributed by atoms with Crippen molar-refractivity contribution in [3.8, 4) is 0 Å². The van der Waals surface area contributed by atoms with Crippen molar-refractivity contribution in [2.24, 2.45) is 5.92 Å². The Balaban J connectivity index is 3.14. The number of hydrogen-bond donors (Lipinski definition) is 1. The smallest absolute Gasteiger partial charge is 0.306 e. The molecule has 1 N–H and O–H groups in total. The molecule has 0 aromatic heterocycles. The van der Waals surface area contributed by atoms with Crippen LogP contribution >= 0.6 is 0 Å². The third kappa shape index (κ3) is 11.4. The second-order valence-electron chi connectivity index (χ2n) is 4.95. The monoisotopic (exact) mass is 242 g/mol. The highest BCUT2D eigenvalue weighted by Crippen LogP contribution is 2.13. The fourth-order valence-corrected chi connectivity index (χ4v) is 1.83. The molecule has 0 aliphatic rings. The molecule has 0 fully saturated rings. The Labute approximate surface area is 105 Å². The van der Waals surface area contributed by atoms with E-state index >= 15 is 0 Å². The number of aliphatic carboxylic acids is 1. The van der Waals surface area contributed by atoms with Crippen LogP contribution in [-0.2, 0) is 9.59 Å². The summed E-state index contributed by atoms with van der Waals surface area (Å²) in [6.45, 7) is 3.41. The Hall–Kier alpha value is -0.860. The van der Waals surface area contributed by atoms with Crippen molar-refractivity contribution in [3.63, 3.8) is 0 Å². The van der Waals surface area contributed by atoms with Crippen LogP contribution in [0.3, 0.4) is 0 Å². The second-order valence-corrected chi connectivity index (χ2v) is 4.95. The zero-order valence-electron chi connectivity index (χ0n) is 11.2. The summed E-state index contributed by atoms with van der Waals surface area (Å²) in [7, 11) is 0. The summed E-state index contributed by atoms with van der Waals surface area (Å²) < 4.78 is 0. The van der Waals surface area contributed by atoms with Gasteiger partial charge in [0, 0.05) is 6.42 Å². The highest BCUT2D eigenvalue weighted by atomic mass is 16.4. The zero-order chi connectivity index (χ0) is 13.1. The summed E-state index contributed by atoms with van der Waals surface area (Å²) >= 11 is 0. The van der Waals surface area contributed by atoms with Crippen molar-refractivity contribution in [1.82, 2.24) is 0 Å². The minimum Gasteiger partial charge on any atom is -0.481 e. The van der Waals surface area contributed by atoms with E-state index in [0.717, 1.165) is 38.5 Å². The number of carboxylic acid groups (broad SMARTS) is 1. The lowest BCUT2D eigenvalue weighted by Crippen LogP contribution is -2.08. The largest absolute Gasteiger partial charge is 0.481 e. The lowest BCUT2D eigenvalue weighted by Gasteiger charge is -2.05. The summed E-state index contributed by atoms with van der Waals surface area (Å²) in [4.78, 5) is 21.3. The van der Waals surface area contributed by atoms with Gasteiger partial charge in [0.15, 0.2) is 0 Å². The Morgan fingerprint density at radius 3 is 1.88 bits per heavy atom. The van der Waals surface area contributed by atoms with Gasteiger partial charge in [-0.15, -0.1) is 0 Å². The first kappa shape index (κ1) is 16.1. The SMILES string of the molecule is CC(=O)CCCCCCCCCC(C)C(=O)O. The van der Waals surface area contributed by atoms with Crippen LogP contribution in [0.1, 0.15) is 71.6 Å². The van der Waals surface area contributed by atoms with Crippen molar-refractivity contribution in [1.29, 1.82) is 0 Å². The number of rotatable bonds is 11. The summed E-state index contributed by atoms with van der Waals surface area (Å²) in [6.07, 6.45) is 9.41. The van der Waals surface area contributed by atoms with Gasteiger partial charge in [0.2, 0.25) is 0 Å². The van der Waals surface area contributed by atoms with Crippen molar-refractivity contribution >= 4 is 11.8 Å². The molecule has 100 valence electrons. The van der Waals surface area contributed by atoms with Crippen molar-refractivity contribution < 1.29 is 14.7 Å². The van der Waals surface area contributed by atoms with E-state index in [0.29, 0.717) is 0 Å². The Bertz CT molecular complexity index is 224. The average Bonchev–Trinajstić information content (AvgIpc) is 2.25. The van der Waals surface area contributed by atoms with Gasteiger partial charge in [0.05, 0.1) is 5.92 Å². The third-order valence-electron chi connectivity index (χ3n) is 3.09. The molecule has 0 aliphatic heterocycles. The minimum absolute atomic E-state index is 0.203. The number of ketones is 1. The van der Waals surface area contributed by atoms with Gasteiger partial charge in [-0.05, 0) is 19.8 Å². The molecule has 0 saturated carbocycles. The van der Waals surface area contributed by atoms with Crippen molar-refractivity contribution in [3.05, 3.63) is 0 Å². The quantitative estimate of drug-likeness (QED) is 0.560. The van der Waals surface area contributed by atoms with Crippen LogP contribution in [0.4, 0.5) is 0 Å². The van der Waals surface area contributed by atoms with Gasteiger partial charge >= 0.3 is 5.97 Å². The van der Waals surface area contributed by atoms with Gasteiger partial charge in [-0.3, -0.25) is 4.79 Å². The second kappa shape index (κ2) is 10.3. The number of unbranched alkanes of at least 4 members (excludes halogenated alkanes) is 6. The van der Waals surface area contributed by atoms with Crippen LogP contribution in [0, 0.1) is 5.92 Å². The van der Waals surface area contributed by atoms with Gasteiger partial charge in [-0.2, -0.15) is 0 Å². The van der Waals surface area contributed by atoms with Crippen LogP contribution in [0.2, 0.25) is 0 Å². The number of carbonyl (C=O) groups is 2. The van der Waals surface area contributed by atoms with Crippen LogP contribution in [-0.4, -0.2) is 16.9 Å². The summed E-state index contributed by atoms with van der Waals surface area (Å²) in [5, 5.41) is 8.70. The fraction of sp³-hybridized carbons (Fsp3) is 0.857. The molecule has 0 aromatic rings. The number of Topliss-reactive ketones (excluding diaryl/α,β-unsaturated/α-hetero) is 1. The molecular formula is C14H26O3. The third-order valence-corrected chi connectivity index (χ3v) is 3.09. The molecule has 1 atom stereocenters. The van der Waals surface area contributed by atoms with E-state index in [1.807, 2.05) is 0 Å². The van der Waals surface area contributed by atoms with E-state index in [9.17, 15) is 9.59 Å². The van der Waals surface area contributed by atoms with Crippen LogP contribution < -0.4 is 0 Å². The molecule has 0 rings (SSSR count). The van der Waals surface area contributed by atoms with Gasteiger partial charge in [-0.25, -0.2) is 0 Å². The predicted octanol–water partition coefficient (Wildman–Crippen LogP) is 3.81. The molecule has 0 spiro atoms. The highest BCUT2D eigenvalue weighted by molar-refractivity contribution is 5.75. The zero-order valence-corrected chi connectivity index (χ0v) is 11.2. The lowest BCUT2D eigenvalue weighted by molar-refractivity contribution is -0.141. The first-order chi connectivity index (χ1) is 8.04. The number of hydrogen-bond acceptors (Lipinski definition) is 2. The minimum atomic E-state index is -0.686. The molecular weight excluding hydrogens is 216 g/mol. The summed E-state index contributed by atoms with van der Waals surface area (Å²) in [5.41, 5.74) is 0. The standard InChI is InChI=1S/C14H26O3/c1-12(14(16)17)10-8-6-4-3-5-7-9-11-13(2)15/h12H,3-11H2,1-2H3,(H,16,17). The Kier molecular flexibility index (Phi) is 9.78. The van der Waals surface area contributed by atoms with Crippen molar-refractivity contribution in [2.75, 3.05) is 0 Å². The molecule has 3 heteroatoms. The number of carboxylic acids is 1. The Morgan fingerprint density at radius 1 is 0.941 bits per heavy atom. The first-order valence-electron chi connectivity index (χ1n) is 6.76. The van der Waals surface area contributed by atoms with Gasteiger partial charge < -0.3 is 9.90 Å². The molecule has 0 heterocycles. The fourth-order valence-electron chi connectivity index (χ4n) is 1.83. The van der Waals surface area contributed by atoms with Crippen LogP contribution in [0.15, 0.2) is 0 Å². The van der Waals surface area contributed by atoms with Gasteiger partial charge in [0.25, 0.3) is 0 Å². The molecule has 0 aromatic carbocycles. The van der Waals surface area contributed by atoms with E-state index in [-0.39, 0.29) is 11.7 Å². The Morgan fingerprint density at radius 2 is 1.41 bits per heavy atom. The number of carbonyl (C=O) groups excluding carboxylic acids is 1. The maximum Gasteiger partial charge on any atom is 0.306 e. The van der Waals surface area contributed by atoms with Crippen molar-refractivity contribution in [2.45, 2.75) is 71.6 Å². The maximum absolute atomic E-state index is 10.7. The molecule has 0 saturated heterocycles. The first-order valence-corrected chi connectivity index (χ1v) is 6.76. The predicted molar refractivity (Wildman–Crippen MR) is 69.0 cm³/mol. The van der Waals surface area contributed by atoms with Crippen LogP contribution in [0.25, 0.3) is 0 Å². The molecule has 17 heavy (non-hydrogen) atoms. The average molecular weight is 242 g/mol. The normalized spacial score (nSPS) is 12.4. The molecule has 0 bridgehead atoms. The topological polar surface area (TPSA) is 54.4 Å². The van der Waals surface area contributed by atoms with E-state index in [1.54, 1.807) is 13.8 Å². The van der Waals surface area contributed by atoms with E-state index in [2.05, 4.69) is 0 Å². The van der Waals surface area contributed by atoms with Gasteiger partial charge in [-0.1, -0.05) is 45.4 Å². The highest BCUT2D eigenvalue weighted by Gasteiger charge is 2.09. The summed E-state index contributed by atoms with van der Waals surface area (Å²) in [5.74, 6) is -0.604. The maximum atomic E-state index is 10.7. The van der Waals surface area contributed by atoms with Gasteiger partial charge in [0.1, 0.15) is 5.78 Å². The van der Waals surface area contributed by atoms with Crippen LogP contribution in [0.5, 0.6) is 0 Å². The molecule has 3 nitrogen and oxygen atoms in total. The van der Waals surface area contributed by atoms with E-state index in [4.69, 9.17) is 5.11 Å².